The molecule has 1 aliphatic heterocycles. The predicted molar refractivity (Wildman–Crippen MR) is 109 cm³/mol. The molecule has 1 heterocycles. The first kappa shape index (κ1) is 20.6. The van der Waals surface area contributed by atoms with E-state index in [1.54, 1.807) is 35.2 Å². The molecule has 0 bridgehead atoms. The fourth-order valence-electron chi connectivity index (χ4n) is 3.04. The summed E-state index contributed by atoms with van der Waals surface area (Å²) in [5.74, 6) is 0.396. The largest absolute Gasteiger partial charge is 0.484 e. The van der Waals surface area contributed by atoms with Crippen LogP contribution < -0.4 is 4.74 Å². The van der Waals surface area contributed by atoms with Gasteiger partial charge in [0, 0.05) is 31.2 Å². The molecule has 0 unspecified atom stereocenters. The minimum absolute atomic E-state index is 0.0270. The van der Waals surface area contributed by atoms with E-state index in [4.69, 9.17) is 16.3 Å². The third-order valence-corrected chi connectivity index (χ3v) is 6.94. The summed E-state index contributed by atoms with van der Waals surface area (Å²) < 4.78 is 32.2. The van der Waals surface area contributed by atoms with Gasteiger partial charge < -0.3 is 9.64 Å². The molecular weight excluding hydrogens is 400 g/mol. The van der Waals surface area contributed by atoms with E-state index in [1.807, 2.05) is 25.1 Å². The molecule has 2 aromatic carbocycles. The Morgan fingerprint density at radius 1 is 1.07 bits per heavy atom. The van der Waals surface area contributed by atoms with E-state index >= 15 is 0 Å². The van der Waals surface area contributed by atoms with Crippen LogP contribution in [0.5, 0.6) is 5.75 Å². The van der Waals surface area contributed by atoms with Gasteiger partial charge in [-0.1, -0.05) is 41.9 Å². The van der Waals surface area contributed by atoms with Gasteiger partial charge in [0.15, 0.2) is 6.61 Å². The number of carbonyl (C=O) groups excluding carboxylic acids is 1. The maximum absolute atomic E-state index is 12.6. The van der Waals surface area contributed by atoms with Gasteiger partial charge in [-0.25, -0.2) is 8.42 Å². The summed E-state index contributed by atoms with van der Waals surface area (Å²) in [6.07, 6.45) is 0. The molecule has 1 fully saturated rings. The summed E-state index contributed by atoms with van der Waals surface area (Å²) in [6.45, 7) is 3.08. The van der Waals surface area contributed by atoms with Crippen LogP contribution in [-0.4, -0.2) is 56.3 Å². The summed E-state index contributed by atoms with van der Waals surface area (Å²) >= 11 is 5.98. The number of piperazine rings is 1. The average molecular weight is 423 g/mol. The van der Waals surface area contributed by atoms with E-state index in [0.717, 1.165) is 11.1 Å². The molecule has 8 heteroatoms. The van der Waals surface area contributed by atoms with Crippen molar-refractivity contribution in [1.29, 1.82) is 0 Å². The second-order valence-electron chi connectivity index (χ2n) is 6.72. The number of carbonyl (C=O) groups is 1. The zero-order chi connectivity index (χ0) is 20.1. The van der Waals surface area contributed by atoms with Crippen LogP contribution >= 0.6 is 11.6 Å². The highest BCUT2D eigenvalue weighted by atomic mass is 35.5. The normalized spacial score (nSPS) is 15.4. The lowest BCUT2D eigenvalue weighted by Gasteiger charge is -2.34. The van der Waals surface area contributed by atoms with Gasteiger partial charge in [0.25, 0.3) is 5.91 Å². The van der Waals surface area contributed by atoms with E-state index in [1.165, 1.54) is 4.31 Å². The van der Waals surface area contributed by atoms with Crippen molar-refractivity contribution in [2.24, 2.45) is 0 Å². The number of nitrogens with zero attached hydrogens (tertiary/aromatic N) is 2. The third kappa shape index (κ3) is 5.25. The van der Waals surface area contributed by atoms with Crippen LogP contribution in [0.3, 0.4) is 0 Å². The number of benzene rings is 2. The molecule has 28 heavy (non-hydrogen) atoms. The van der Waals surface area contributed by atoms with Crippen LogP contribution in [0.4, 0.5) is 0 Å². The van der Waals surface area contributed by atoms with Gasteiger partial charge in [-0.2, -0.15) is 4.31 Å². The first-order valence-electron chi connectivity index (χ1n) is 9.03. The Kier molecular flexibility index (Phi) is 6.59. The molecule has 0 atom stereocenters. The Morgan fingerprint density at radius 2 is 1.75 bits per heavy atom. The van der Waals surface area contributed by atoms with Crippen molar-refractivity contribution in [2.75, 3.05) is 32.8 Å². The summed E-state index contributed by atoms with van der Waals surface area (Å²) in [6, 6.07) is 14.3. The molecule has 3 rings (SSSR count). The maximum atomic E-state index is 12.6. The number of ether oxygens (including phenoxy) is 1. The molecule has 2 aromatic rings. The molecule has 0 saturated carbocycles. The lowest BCUT2D eigenvalue weighted by atomic mass is 10.2. The molecule has 0 aromatic heterocycles. The predicted octanol–water partition coefficient (Wildman–Crippen LogP) is 2.70. The van der Waals surface area contributed by atoms with Crippen molar-refractivity contribution in [1.82, 2.24) is 9.21 Å². The molecule has 1 aliphatic rings. The fraction of sp³-hybridized carbons (Fsp3) is 0.350. The molecule has 0 radical (unpaired) electrons. The Balaban J connectivity index is 1.50. The molecule has 0 spiro atoms. The Labute approximate surface area is 170 Å². The minimum atomic E-state index is -3.40. The van der Waals surface area contributed by atoms with Crippen molar-refractivity contribution >= 4 is 27.5 Å². The van der Waals surface area contributed by atoms with E-state index in [0.29, 0.717) is 37.0 Å². The van der Waals surface area contributed by atoms with Crippen LogP contribution in [0.1, 0.15) is 11.1 Å². The van der Waals surface area contributed by atoms with Gasteiger partial charge in [0.05, 0.1) is 5.75 Å². The zero-order valence-electron chi connectivity index (χ0n) is 15.7. The fourth-order valence-corrected chi connectivity index (χ4v) is 4.67. The molecule has 1 saturated heterocycles. The van der Waals surface area contributed by atoms with Gasteiger partial charge in [-0.3, -0.25) is 4.79 Å². The molecule has 0 aliphatic carbocycles. The number of aryl methyl sites for hydroxylation is 1. The van der Waals surface area contributed by atoms with Gasteiger partial charge in [0.1, 0.15) is 5.75 Å². The second kappa shape index (κ2) is 8.94. The number of halogens is 1. The van der Waals surface area contributed by atoms with E-state index in [-0.39, 0.29) is 18.3 Å². The van der Waals surface area contributed by atoms with Gasteiger partial charge in [0.2, 0.25) is 10.0 Å². The van der Waals surface area contributed by atoms with Crippen LogP contribution in [0.15, 0.2) is 48.5 Å². The maximum Gasteiger partial charge on any atom is 0.260 e. The smallest absolute Gasteiger partial charge is 0.260 e. The lowest BCUT2D eigenvalue weighted by molar-refractivity contribution is -0.134. The highest BCUT2D eigenvalue weighted by Gasteiger charge is 2.29. The standard InChI is InChI=1S/C20H23ClN2O4S/c1-16-13-18(7-8-19(16)21)27-14-20(24)22-9-11-23(12-10-22)28(25,26)15-17-5-3-2-4-6-17/h2-8,13H,9-12,14-15H2,1H3. The van der Waals surface area contributed by atoms with Crippen LogP contribution in [0.25, 0.3) is 0 Å². The van der Waals surface area contributed by atoms with Gasteiger partial charge in [-0.15, -0.1) is 0 Å². The first-order chi connectivity index (χ1) is 13.3. The van der Waals surface area contributed by atoms with Crippen LogP contribution in [0.2, 0.25) is 5.02 Å². The highest BCUT2D eigenvalue weighted by Crippen LogP contribution is 2.21. The van der Waals surface area contributed by atoms with Crippen LogP contribution in [-0.2, 0) is 20.6 Å². The van der Waals surface area contributed by atoms with E-state index in [2.05, 4.69) is 0 Å². The Hall–Kier alpha value is -2.09. The molecular formula is C20H23ClN2O4S. The van der Waals surface area contributed by atoms with Gasteiger partial charge >= 0.3 is 0 Å². The summed E-state index contributed by atoms with van der Waals surface area (Å²) in [7, 11) is -3.40. The topological polar surface area (TPSA) is 66.9 Å². The van der Waals surface area contributed by atoms with Crippen molar-refractivity contribution in [3.05, 3.63) is 64.7 Å². The number of rotatable bonds is 6. The van der Waals surface area contributed by atoms with E-state index < -0.39 is 10.0 Å². The molecule has 6 nitrogen and oxygen atoms in total. The van der Waals surface area contributed by atoms with Crippen molar-refractivity contribution in [3.63, 3.8) is 0 Å². The number of amides is 1. The lowest BCUT2D eigenvalue weighted by Crippen LogP contribution is -2.51. The number of hydrogen-bond acceptors (Lipinski definition) is 4. The minimum Gasteiger partial charge on any atom is -0.484 e. The molecule has 150 valence electrons. The van der Waals surface area contributed by atoms with Crippen molar-refractivity contribution < 1.29 is 17.9 Å². The third-order valence-electron chi connectivity index (χ3n) is 4.67. The average Bonchev–Trinajstić information content (AvgIpc) is 2.69. The van der Waals surface area contributed by atoms with Crippen LogP contribution in [0, 0.1) is 6.92 Å². The quantitative estimate of drug-likeness (QED) is 0.717. The highest BCUT2D eigenvalue weighted by molar-refractivity contribution is 7.88. The molecule has 0 N–H and O–H groups in total. The summed E-state index contributed by atoms with van der Waals surface area (Å²) in [5.41, 5.74) is 1.64. The van der Waals surface area contributed by atoms with Gasteiger partial charge in [-0.05, 0) is 36.2 Å². The number of sulfonamides is 1. The molecule has 1 amide bonds. The first-order valence-corrected chi connectivity index (χ1v) is 11.0. The Morgan fingerprint density at radius 3 is 2.39 bits per heavy atom. The van der Waals surface area contributed by atoms with Crippen molar-refractivity contribution in [3.8, 4) is 5.75 Å². The monoisotopic (exact) mass is 422 g/mol. The zero-order valence-corrected chi connectivity index (χ0v) is 17.2. The van der Waals surface area contributed by atoms with E-state index in [9.17, 15) is 13.2 Å². The van der Waals surface area contributed by atoms with Crippen molar-refractivity contribution in [2.45, 2.75) is 12.7 Å². The Bertz CT molecular complexity index is 926. The SMILES string of the molecule is Cc1cc(OCC(=O)N2CCN(S(=O)(=O)Cc3ccccc3)CC2)ccc1Cl. The number of hydrogen-bond donors (Lipinski definition) is 0. The summed E-state index contributed by atoms with van der Waals surface area (Å²) in [5, 5.41) is 0.645. The summed E-state index contributed by atoms with van der Waals surface area (Å²) in [4.78, 5) is 14.0. The second-order valence-corrected chi connectivity index (χ2v) is 9.10.